The smallest absolute Gasteiger partial charge is 0.248 e. The van der Waals surface area contributed by atoms with Gasteiger partial charge in [-0.05, 0) is 49.2 Å². The fourth-order valence-corrected chi connectivity index (χ4v) is 1.89. The van der Waals surface area contributed by atoms with Gasteiger partial charge in [-0.2, -0.15) is 0 Å². The molecule has 2 aromatic rings. The molecule has 0 aromatic heterocycles. The van der Waals surface area contributed by atoms with Crippen molar-refractivity contribution in [2.75, 3.05) is 11.9 Å². The molecule has 114 valence electrons. The maximum Gasteiger partial charge on any atom is 0.248 e. The minimum atomic E-state index is -0.143. The van der Waals surface area contributed by atoms with E-state index in [1.165, 1.54) is 11.6 Å². The lowest BCUT2D eigenvalue weighted by Gasteiger charge is -2.04. The minimum absolute atomic E-state index is 0.143. The van der Waals surface area contributed by atoms with Crippen LogP contribution >= 0.6 is 0 Å². The molecule has 3 nitrogen and oxygen atoms in total. The van der Waals surface area contributed by atoms with Gasteiger partial charge in [0.15, 0.2) is 0 Å². The summed E-state index contributed by atoms with van der Waals surface area (Å²) in [6.07, 6.45) is 4.30. The van der Waals surface area contributed by atoms with Gasteiger partial charge in [0.2, 0.25) is 5.91 Å². The molecule has 0 bridgehead atoms. The van der Waals surface area contributed by atoms with Crippen molar-refractivity contribution in [1.82, 2.24) is 0 Å². The number of nitrogens with one attached hydrogen (secondary N) is 1. The lowest BCUT2D eigenvalue weighted by molar-refractivity contribution is -0.111. The number of rotatable bonds is 6. The van der Waals surface area contributed by atoms with E-state index in [-0.39, 0.29) is 5.91 Å². The highest BCUT2D eigenvalue weighted by Gasteiger charge is 1.98. The van der Waals surface area contributed by atoms with Gasteiger partial charge in [-0.1, -0.05) is 36.8 Å². The lowest BCUT2D eigenvalue weighted by atomic mass is 10.2. The van der Waals surface area contributed by atoms with E-state index in [4.69, 9.17) is 4.74 Å². The van der Waals surface area contributed by atoms with Gasteiger partial charge in [0.1, 0.15) is 5.75 Å². The van der Waals surface area contributed by atoms with Crippen molar-refractivity contribution in [1.29, 1.82) is 0 Å². The Morgan fingerprint density at radius 1 is 1.09 bits per heavy atom. The number of hydrogen-bond donors (Lipinski definition) is 1. The van der Waals surface area contributed by atoms with Gasteiger partial charge in [-0.15, -0.1) is 0 Å². The summed E-state index contributed by atoms with van der Waals surface area (Å²) in [7, 11) is 0. The van der Waals surface area contributed by atoms with Crippen LogP contribution in [0, 0.1) is 6.92 Å². The monoisotopic (exact) mass is 295 g/mol. The standard InChI is InChI=1S/C19H21NO2/c1-3-14-22-18-11-6-16(7-12-18)8-13-19(21)20-17-9-4-15(2)5-10-17/h4-13H,3,14H2,1-2H3,(H,20,21). The first-order valence-corrected chi connectivity index (χ1v) is 7.46. The van der Waals surface area contributed by atoms with E-state index in [0.717, 1.165) is 23.4 Å². The van der Waals surface area contributed by atoms with Gasteiger partial charge in [-0.25, -0.2) is 0 Å². The van der Waals surface area contributed by atoms with Crippen molar-refractivity contribution in [3.05, 3.63) is 65.7 Å². The van der Waals surface area contributed by atoms with Crippen LogP contribution in [0.2, 0.25) is 0 Å². The molecule has 0 aliphatic rings. The van der Waals surface area contributed by atoms with Crippen LogP contribution in [-0.2, 0) is 4.79 Å². The molecule has 0 saturated carbocycles. The molecule has 0 fully saturated rings. The first-order chi connectivity index (χ1) is 10.7. The maximum absolute atomic E-state index is 11.9. The summed E-state index contributed by atoms with van der Waals surface area (Å²) >= 11 is 0. The Kier molecular flexibility index (Phi) is 5.78. The van der Waals surface area contributed by atoms with Gasteiger partial charge < -0.3 is 10.1 Å². The second-order valence-electron chi connectivity index (χ2n) is 5.11. The molecule has 0 unspecified atom stereocenters. The molecular weight excluding hydrogens is 274 g/mol. The van der Waals surface area contributed by atoms with Gasteiger partial charge in [0.05, 0.1) is 6.61 Å². The van der Waals surface area contributed by atoms with E-state index in [1.54, 1.807) is 6.08 Å². The Balaban J connectivity index is 1.90. The number of anilines is 1. The van der Waals surface area contributed by atoms with E-state index in [2.05, 4.69) is 12.2 Å². The summed E-state index contributed by atoms with van der Waals surface area (Å²) in [5, 5.41) is 2.83. The summed E-state index contributed by atoms with van der Waals surface area (Å²) in [6.45, 7) is 4.80. The fraction of sp³-hybridized carbons (Fsp3) is 0.211. The third kappa shape index (κ3) is 5.09. The normalized spacial score (nSPS) is 10.6. The van der Waals surface area contributed by atoms with Crippen LogP contribution in [0.5, 0.6) is 5.75 Å². The summed E-state index contributed by atoms with van der Waals surface area (Å²) in [5.74, 6) is 0.707. The van der Waals surface area contributed by atoms with Crippen molar-refractivity contribution >= 4 is 17.7 Å². The highest BCUT2D eigenvalue weighted by atomic mass is 16.5. The molecule has 2 rings (SSSR count). The SMILES string of the molecule is CCCOc1ccc(C=CC(=O)Nc2ccc(C)cc2)cc1. The van der Waals surface area contributed by atoms with Gasteiger partial charge in [-0.3, -0.25) is 4.79 Å². The number of ether oxygens (including phenoxy) is 1. The van der Waals surface area contributed by atoms with Crippen LogP contribution in [0.15, 0.2) is 54.6 Å². The van der Waals surface area contributed by atoms with Crippen LogP contribution in [0.1, 0.15) is 24.5 Å². The second-order valence-corrected chi connectivity index (χ2v) is 5.11. The lowest BCUT2D eigenvalue weighted by Crippen LogP contribution is -2.07. The van der Waals surface area contributed by atoms with Gasteiger partial charge >= 0.3 is 0 Å². The zero-order valence-corrected chi connectivity index (χ0v) is 13.0. The molecule has 0 aliphatic carbocycles. The predicted octanol–water partition coefficient (Wildman–Crippen LogP) is 4.44. The molecule has 0 atom stereocenters. The van der Waals surface area contributed by atoms with Crippen LogP contribution in [0.3, 0.4) is 0 Å². The summed E-state index contributed by atoms with van der Waals surface area (Å²) in [5.41, 5.74) is 2.92. The minimum Gasteiger partial charge on any atom is -0.494 e. The Labute approximate surface area is 131 Å². The van der Waals surface area contributed by atoms with Crippen LogP contribution in [-0.4, -0.2) is 12.5 Å². The van der Waals surface area contributed by atoms with Crippen molar-refractivity contribution in [3.8, 4) is 5.75 Å². The highest BCUT2D eigenvalue weighted by Crippen LogP contribution is 2.14. The molecule has 2 aromatic carbocycles. The van der Waals surface area contributed by atoms with Crippen molar-refractivity contribution in [3.63, 3.8) is 0 Å². The average Bonchev–Trinajstić information content (AvgIpc) is 2.54. The summed E-state index contributed by atoms with van der Waals surface area (Å²) in [6, 6.07) is 15.4. The van der Waals surface area contributed by atoms with Crippen molar-refractivity contribution in [2.45, 2.75) is 20.3 Å². The summed E-state index contributed by atoms with van der Waals surface area (Å²) < 4.78 is 5.52. The number of hydrogen-bond acceptors (Lipinski definition) is 2. The zero-order chi connectivity index (χ0) is 15.8. The number of aryl methyl sites for hydroxylation is 1. The van der Waals surface area contributed by atoms with Crippen molar-refractivity contribution < 1.29 is 9.53 Å². The average molecular weight is 295 g/mol. The Bertz CT molecular complexity index is 627. The Morgan fingerprint density at radius 2 is 1.77 bits per heavy atom. The van der Waals surface area contributed by atoms with Crippen LogP contribution in [0.4, 0.5) is 5.69 Å². The fourth-order valence-electron chi connectivity index (χ4n) is 1.89. The van der Waals surface area contributed by atoms with E-state index in [0.29, 0.717) is 6.61 Å². The van der Waals surface area contributed by atoms with Crippen molar-refractivity contribution in [2.24, 2.45) is 0 Å². The van der Waals surface area contributed by atoms with Crippen LogP contribution in [0.25, 0.3) is 6.08 Å². The third-order valence-corrected chi connectivity index (χ3v) is 3.10. The second kappa shape index (κ2) is 8.03. The number of benzene rings is 2. The topological polar surface area (TPSA) is 38.3 Å². The number of amides is 1. The van der Waals surface area contributed by atoms with Gasteiger partial charge in [0.25, 0.3) is 0 Å². The molecule has 0 aliphatic heterocycles. The first-order valence-electron chi connectivity index (χ1n) is 7.46. The van der Waals surface area contributed by atoms with Crippen LogP contribution < -0.4 is 10.1 Å². The molecule has 0 radical (unpaired) electrons. The van der Waals surface area contributed by atoms with E-state index in [1.807, 2.05) is 55.5 Å². The predicted molar refractivity (Wildman–Crippen MR) is 91.1 cm³/mol. The largest absolute Gasteiger partial charge is 0.494 e. The number of carbonyl (C=O) groups excluding carboxylic acids is 1. The molecule has 1 N–H and O–H groups in total. The zero-order valence-electron chi connectivity index (χ0n) is 13.0. The molecule has 0 saturated heterocycles. The third-order valence-electron chi connectivity index (χ3n) is 3.10. The Morgan fingerprint density at radius 3 is 2.41 bits per heavy atom. The molecule has 1 amide bonds. The van der Waals surface area contributed by atoms with E-state index >= 15 is 0 Å². The maximum atomic E-state index is 11.9. The molecule has 22 heavy (non-hydrogen) atoms. The molecule has 3 heteroatoms. The molecule has 0 heterocycles. The highest BCUT2D eigenvalue weighted by molar-refractivity contribution is 6.01. The quantitative estimate of drug-likeness (QED) is 0.800. The van der Waals surface area contributed by atoms with Gasteiger partial charge in [0, 0.05) is 11.8 Å². The number of carbonyl (C=O) groups is 1. The van der Waals surface area contributed by atoms with E-state index < -0.39 is 0 Å². The molecular formula is C19H21NO2. The Hall–Kier alpha value is -2.55. The molecule has 0 spiro atoms. The summed E-state index contributed by atoms with van der Waals surface area (Å²) in [4.78, 5) is 11.9. The first kappa shape index (κ1) is 15.8. The van der Waals surface area contributed by atoms with E-state index in [9.17, 15) is 4.79 Å².